The minimum atomic E-state index is -0.564. The molecule has 0 atom stereocenters. The molecule has 0 N–H and O–H groups in total. The maximum atomic E-state index is 12.4. The highest BCUT2D eigenvalue weighted by Gasteiger charge is 2.29. The van der Waals surface area contributed by atoms with E-state index in [9.17, 15) is 14.9 Å². The average molecular weight is 294 g/mol. The molecule has 114 valence electrons. The zero-order valence-electron chi connectivity index (χ0n) is 12.1. The molecule has 0 unspecified atom stereocenters. The fourth-order valence-corrected chi connectivity index (χ4v) is 2.39. The van der Waals surface area contributed by atoms with Crippen molar-refractivity contribution < 1.29 is 19.2 Å². The molecule has 1 heterocycles. The summed E-state index contributed by atoms with van der Waals surface area (Å²) in [6, 6.07) is 2.65. The van der Waals surface area contributed by atoms with Gasteiger partial charge < -0.3 is 14.4 Å². The van der Waals surface area contributed by atoms with E-state index in [1.807, 2.05) is 0 Å². The van der Waals surface area contributed by atoms with Gasteiger partial charge in [0, 0.05) is 19.2 Å². The van der Waals surface area contributed by atoms with Crippen molar-refractivity contribution in [2.45, 2.75) is 19.8 Å². The Balaban J connectivity index is 2.47. The molecule has 0 bridgehead atoms. The Morgan fingerprint density at radius 2 is 2.00 bits per heavy atom. The van der Waals surface area contributed by atoms with Crippen molar-refractivity contribution in [2.75, 3.05) is 26.8 Å². The maximum Gasteiger partial charge on any atom is 0.286 e. The van der Waals surface area contributed by atoms with Gasteiger partial charge in [-0.15, -0.1) is 0 Å². The van der Waals surface area contributed by atoms with Crippen molar-refractivity contribution in [3.63, 3.8) is 0 Å². The van der Waals surface area contributed by atoms with Gasteiger partial charge in [0.2, 0.25) is 0 Å². The first-order chi connectivity index (χ1) is 10.1. The molecule has 1 fully saturated rings. The van der Waals surface area contributed by atoms with Gasteiger partial charge in [0.15, 0.2) is 11.5 Å². The lowest BCUT2D eigenvalue weighted by atomic mass is 10.1. The van der Waals surface area contributed by atoms with Crippen LogP contribution in [0.15, 0.2) is 12.1 Å². The molecule has 1 saturated heterocycles. The highest BCUT2D eigenvalue weighted by atomic mass is 16.6. The number of nitro groups is 1. The number of nitro benzene ring substituents is 1. The summed E-state index contributed by atoms with van der Waals surface area (Å²) in [4.78, 5) is 24.7. The number of carbonyl (C=O) groups excluding carboxylic acids is 1. The SMILES string of the molecule is CCOc1cc([N+](=O)[O-])c(C(=O)N2CCCC2)cc1OC. The van der Waals surface area contributed by atoms with Crippen LogP contribution >= 0.6 is 0 Å². The molecule has 0 spiro atoms. The maximum absolute atomic E-state index is 12.4. The number of hydrogen-bond acceptors (Lipinski definition) is 5. The number of likely N-dealkylation sites (tertiary alicyclic amines) is 1. The highest BCUT2D eigenvalue weighted by Crippen LogP contribution is 2.35. The molecule has 1 aliphatic rings. The summed E-state index contributed by atoms with van der Waals surface area (Å²) in [5.41, 5.74) is -0.210. The monoisotopic (exact) mass is 294 g/mol. The second-order valence-corrected chi connectivity index (χ2v) is 4.71. The molecule has 1 aliphatic heterocycles. The molecular formula is C14H18N2O5. The van der Waals surface area contributed by atoms with Gasteiger partial charge in [0.1, 0.15) is 5.56 Å². The number of nitrogens with zero attached hydrogens (tertiary/aromatic N) is 2. The van der Waals surface area contributed by atoms with Gasteiger partial charge in [-0.05, 0) is 19.8 Å². The summed E-state index contributed by atoms with van der Waals surface area (Å²) in [7, 11) is 1.44. The van der Waals surface area contributed by atoms with Crippen molar-refractivity contribution in [3.8, 4) is 11.5 Å². The van der Waals surface area contributed by atoms with Crippen molar-refractivity contribution in [2.24, 2.45) is 0 Å². The lowest BCUT2D eigenvalue weighted by Gasteiger charge is -2.17. The van der Waals surface area contributed by atoms with E-state index < -0.39 is 4.92 Å². The molecule has 0 aromatic heterocycles. The van der Waals surface area contributed by atoms with Crippen molar-refractivity contribution in [1.29, 1.82) is 0 Å². The molecule has 7 heteroatoms. The van der Waals surface area contributed by atoms with Gasteiger partial charge in [0.05, 0.1) is 24.7 Å². The molecule has 0 saturated carbocycles. The van der Waals surface area contributed by atoms with Crippen molar-refractivity contribution in [1.82, 2.24) is 4.90 Å². The van der Waals surface area contributed by atoms with Crippen LogP contribution in [0.5, 0.6) is 11.5 Å². The fraction of sp³-hybridized carbons (Fsp3) is 0.500. The third-order valence-corrected chi connectivity index (χ3v) is 3.40. The second kappa shape index (κ2) is 6.43. The van der Waals surface area contributed by atoms with Crippen LogP contribution in [0, 0.1) is 10.1 Å². The third kappa shape index (κ3) is 3.07. The van der Waals surface area contributed by atoms with Gasteiger partial charge >= 0.3 is 0 Å². The molecule has 2 rings (SSSR count). The number of ether oxygens (including phenoxy) is 2. The van der Waals surface area contributed by atoms with E-state index in [4.69, 9.17) is 9.47 Å². The first-order valence-electron chi connectivity index (χ1n) is 6.87. The molecule has 0 radical (unpaired) electrons. The van der Waals surface area contributed by atoms with Crippen LogP contribution in [0.1, 0.15) is 30.1 Å². The number of hydrogen-bond donors (Lipinski definition) is 0. The van der Waals surface area contributed by atoms with Crippen LogP contribution in [0.2, 0.25) is 0 Å². The van der Waals surface area contributed by atoms with E-state index in [1.165, 1.54) is 19.2 Å². The summed E-state index contributed by atoms with van der Waals surface area (Å²) >= 11 is 0. The summed E-state index contributed by atoms with van der Waals surface area (Å²) in [5.74, 6) is 0.259. The quantitative estimate of drug-likeness (QED) is 0.614. The van der Waals surface area contributed by atoms with Crippen LogP contribution in [-0.2, 0) is 0 Å². The zero-order chi connectivity index (χ0) is 15.4. The summed E-state index contributed by atoms with van der Waals surface area (Å²) in [6.07, 6.45) is 1.85. The second-order valence-electron chi connectivity index (χ2n) is 4.71. The minimum Gasteiger partial charge on any atom is -0.493 e. The number of benzene rings is 1. The van der Waals surface area contributed by atoms with Crippen LogP contribution < -0.4 is 9.47 Å². The minimum absolute atomic E-state index is 0.0437. The number of rotatable bonds is 5. The smallest absolute Gasteiger partial charge is 0.286 e. The van der Waals surface area contributed by atoms with E-state index in [-0.39, 0.29) is 22.9 Å². The van der Waals surface area contributed by atoms with Gasteiger partial charge in [0.25, 0.3) is 11.6 Å². The Labute approximate surface area is 122 Å². The zero-order valence-corrected chi connectivity index (χ0v) is 12.1. The predicted molar refractivity (Wildman–Crippen MR) is 76.0 cm³/mol. The summed E-state index contributed by atoms with van der Waals surface area (Å²) in [6.45, 7) is 3.39. The summed E-state index contributed by atoms with van der Waals surface area (Å²) in [5, 5.41) is 11.2. The van der Waals surface area contributed by atoms with E-state index in [2.05, 4.69) is 0 Å². The molecule has 1 amide bonds. The molecule has 1 aromatic carbocycles. The average Bonchev–Trinajstić information content (AvgIpc) is 3.00. The Hall–Kier alpha value is -2.31. The van der Waals surface area contributed by atoms with Crippen LogP contribution in [0.3, 0.4) is 0 Å². The topological polar surface area (TPSA) is 81.9 Å². The van der Waals surface area contributed by atoms with Crippen LogP contribution in [0.4, 0.5) is 5.69 Å². The fourth-order valence-electron chi connectivity index (χ4n) is 2.39. The standard InChI is InChI=1S/C14H18N2O5/c1-3-21-13-9-11(16(18)19)10(8-12(13)20-2)14(17)15-6-4-5-7-15/h8-9H,3-7H2,1-2H3. The molecule has 0 aliphatic carbocycles. The van der Waals surface area contributed by atoms with Gasteiger partial charge in [-0.25, -0.2) is 0 Å². The molecule has 1 aromatic rings. The lowest BCUT2D eigenvalue weighted by Crippen LogP contribution is -2.28. The number of methoxy groups -OCH3 is 1. The van der Waals surface area contributed by atoms with E-state index >= 15 is 0 Å². The largest absolute Gasteiger partial charge is 0.493 e. The lowest BCUT2D eigenvalue weighted by molar-refractivity contribution is -0.385. The van der Waals surface area contributed by atoms with E-state index in [0.717, 1.165) is 12.8 Å². The summed E-state index contributed by atoms with van der Waals surface area (Å²) < 4.78 is 10.5. The number of amides is 1. The van der Waals surface area contributed by atoms with Crippen molar-refractivity contribution >= 4 is 11.6 Å². The Morgan fingerprint density at radius 1 is 1.33 bits per heavy atom. The third-order valence-electron chi connectivity index (χ3n) is 3.40. The Morgan fingerprint density at radius 3 is 2.52 bits per heavy atom. The Bertz CT molecular complexity index is 553. The van der Waals surface area contributed by atoms with Crippen LogP contribution in [0.25, 0.3) is 0 Å². The highest BCUT2D eigenvalue weighted by molar-refractivity contribution is 5.99. The Kier molecular flexibility index (Phi) is 4.62. The van der Waals surface area contributed by atoms with Gasteiger partial charge in [-0.2, -0.15) is 0 Å². The number of carbonyl (C=O) groups is 1. The molecule has 21 heavy (non-hydrogen) atoms. The first kappa shape index (κ1) is 15.1. The van der Waals surface area contributed by atoms with Gasteiger partial charge in [-0.1, -0.05) is 0 Å². The van der Waals surface area contributed by atoms with Crippen LogP contribution in [-0.4, -0.2) is 42.5 Å². The normalized spacial score (nSPS) is 14.1. The van der Waals surface area contributed by atoms with E-state index in [0.29, 0.717) is 25.4 Å². The first-order valence-corrected chi connectivity index (χ1v) is 6.87. The van der Waals surface area contributed by atoms with Crippen molar-refractivity contribution in [3.05, 3.63) is 27.8 Å². The molecular weight excluding hydrogens is 276 g/mol. The van der Waals surface area contributed by atoms with E-state index in [1.54, 1.807) is 11.8 Å². The molecule has 7 nitrogen and oxygen atoms in total. The predicted octanol–water partition coefficient (Wildman–Crippen LogP) is 2.24. The van der Waals surface area contributed by atoms with Gasteiger partial charge in [-0.3, -0.25) is 14.9 Å².